The number of carbonyl (C=O) groups is 1. The number of furan rings is 1. The number of aromatic nitrogens is 1. The minimum absolute atomic E-state index is 0.000245. The molecule has 1 amide bonds. The fraction of sp³-hybridized carbons (Fsp3) is 0.0909. The van der Waals surface area contributed by atoms with Crippen LogP contribution in [0, 0.1) is 0 Å². The van der Waals surface area contributed by atoms with E-state index < -0.39 is 0 Å². The maximum Gasteiger partial charge on any atom is 0.224 e. The molecule has 4 aromatic rings. The Balaban J connectivity index is 1.39. The highest BCUT2D eigenvalue weighted by Gasteiger charge is 2.07. The number of nitrogens with zero attached hydrogens (tertiary/aromatic N) is 1. The van der Waals surface area contributed by atoms with Crippen LogP contribution in [0.1, 0.15) is 11.1 Å². The smallest absolute Gasteiger partial charge is 0.224 e. The molecule has 26 heavy (non-hydrogen) atoms. The van der Waals surface area contributed by atoms with E-state index in [0.717, 1.165) is 33.2 Å². The number of amides is 1. The minimum Gasteiger partial charge on any atom is -0.472 e. The van der Waals surface area contributed by atoms with E-state index in [2.05, 4.69) is 28.5 Å². The third-order valence-corrected chi connectivity index (χ3v) is 4.36. The average molecular weight is 342 g/mol. The van der Waals surface area contributed by atoms with Gasteiger partial charge in [-0.05, 0) is 34.0 Å². The van der Waals surface area contributed by atoms with E-state index in [0.29, 0.717) is 13.0 Å². The molecule has 0 unspecified atom stereocenters. The molecule has 0 saturated carbocycles. The zero-order valence-electron chi connectivity index (χ0n) is 14.2. The van der Waals surface area contributed by atoms with E-state index in [4.69, 9.17) is 4.42 Å². The first-order valence-corrected chi connectivity index (χ1v) is 8.50. The van der Waals surface area contributed by atoms with Crippen LogP contribution in [0.15, 0.2) is 83.8 Å². The van der Waals surface area contributed by atoms with Crippen LogP contribution in [0.3, 0.4) is 0 Å². The third-order valence-electron chi connectivity index (χ3n) is 4.36. The van der Waals surface area contributed by atoms with Gasteiger partial charge in [0.2, 0.25) is 5.91 Å². The lowest BCUT2D eigenvalue weighted by molar-refractivity contribution is -0.120. The largest absolute Gasteiger partial charge is 0.472 e. The van der Waals surface area contributed by atoms with Gasteiger partial charge in [-0.15, -0.1) is 0 Å². The molecule has 128 valence electrons. The summed E-state index contributed by atoms with van der Waals surface area (Å²) in [6.07, 6.45) is 5.43. The molecule has 0 atom stereocenters. The van der Waals surface area contributed by atoms with Crippen LogP contribution in [0.5, 0.6) is 0 Å². The van der Waals surface area contributed by atoms with E-state index in [1.165, 1.54) is 0 Å². The number of benzene rings is 2. The third kappa shape index (κ3) is 3.49. The molecular formula is C22H18N2O2. The zero-order valence-corrected chi connectivity index (χ0v) is 14.2. The maximum absolute atomic E-state index is 12.3. The van der Waals surface area contributed by atoms with Crippen molar-refractivity contribution in [2.75, 3.05) is 0 Å². The predicted molar refractivity (Wildman–Crippen MR) is 101 cm³/mol. The Labute approximate surface area is 151 Å². The molecule has 2 aromatic carbocycles. The number of nitrogens with one attached hydrogen (secondary N) is 1. The van der Waals surface area contributed by atoms with Crippen molar-refractivity contribution < 1.29 is 9.21 Å². The van der Waals surface area contributed by atoms with Crippen LogP contribution in [0.4, 0.5) is 0 Å². The molecule has 0 fully saturated rings. The summed E-state index contributed by atoms with van der Waals surface area (Å²) in [5, 5.41) is 5.24. The highest BCUT2D eigenvalue weighted by Crippen LogP contribution is 2.19. The molecule has 0 aliphatic heterocycles. The van der Waals surface area contributed by atoms with Gasteiger partial charge in [0.05, 0.1) is 24.6 Å². The number of hydrogen-bond acceptors (Lipinski definition) is 3. The SMILES string of the molecule is O=C(Cc1cccc2ccccc12)NCc1ccc(-c2ccoc2)nc1. The Morgan fingerprint density at radius 3 is 2.69 bits per heavy atom. The van der Waals surface area contributed by atoms with Gasteiger partial charge in [0.15, 0.2) is 0 Å². The molecule has 0 saturated heterocycles. The summed E-state index contributed by atoms with van der Waals surface area (Å²) in [6.45, 7) is 0.461. The molecule has 2 heterocycles. The van der Waals surface area contributed by atoms with Gasteiger partial charge in [-0.3, -0.25) is 9.78 Å². The number of carbonyl (C=O) groups excluding carboxylic acids is 1. The van der Waals surface area contributed by atoms with Crippen molar-refractivity contribution in [2.24, 2.45) is 0 Å². The van der Waals surface area contributed by atoms with Crippen molar-refractivity contribution in [1.29, 1.82) is 0 Å². The maximum atomic E-state index is 12.3. The average Bonchev–Trinajstić information content (AvgIpc) is 3.22. The molecule has 4 nitrogen and oxygen atoms in total. The van der Waals surface area contributed by atoms with Crippen LogP contribution in [0.2, 0.25) is 0 Å². The quantitative estimate of drug-likeness (QED) is 0.586. The van der Waals surface area contributed by atoms with Crippen molar-refractivity contribution in [3.05, 3.63) is 90.5 Å². The van der Waals surface area contributed by atoms with Gasteiger partial charge in [-0.2, -0.15) is 0 Å². The summed E-state index contributed by atoms with van der Waals surface area (Å²) in [5.41, 5.74) is 3.79. The van der Waals surface area contributed by atoms with E-state index in [1.807, 2.05) is 42.5 Å². The molecule has 0 bridgehead atoms. The molecule has 4 rings (SSSR count). The highest BCUT2D eigenvalue weighted by molar-refractivity contribution is 5.90. The van der Waals surface area contributed by atoms with Gasteiger partial charge in [0.1, 0.15) is 0 Å². The number of hydrogen-bond donors (Lipinski definition) is 1. The molecule has 2 aromatic heterocycles. The second kappa shape index (κ2) is 7.23. The molecule has 0 aliphatic carbocycles. The molecule has 0 aliphatic rings. The summed E-state index contributed by atoms with van der Waals surface area (Å²) >= 11 is 0. The first-order chi connectivity index (χ1) is 12.8. The number of pyridine rings is 1. The van der Waals surface area contributed by atoms with Gasteiger partial charge in [-0.25, -0.2) is 0 Å². The Kier molecular flexibility index (Phi) is 4.48. The van der Waals surface area contributed by atoms with Crippen LogP contribution < -0.4 is 5.32 Å². The van der Waals surface area contributed by atoms with E-state index in [1.54, 1.807) is 18.7 Å². The predicted octanol–water partition coefficient (Wildman–Crippen LogP) is 4.35. The normalized spacial score (nSPS) is 10.8. The molecule has 0 spiro atoms. The van der Waals surface area contributed by atoms with E-state index in [-0.39, 0.29) is 5.91 Å². The second-order valence-corrected chi connectivity index (χ2v) is 6.16. The lowest BCUT2D eigenvalue weighted by atomic mass is 10.0. The van der Waals surface area contributed by atoms with Crippen LogP contribution in [0.25, 0.3) is 22.0 Å². The topological polar surface area (TPSA) is 55.1 Å². The number of rotatable bonds is 5. The summed E-state index contributed by atoms with van der Waals surface area (Å²) < 4.78 is 5.07. The monoisotopic (exact) mass is 342 g/mol. The lowest BCUT2D eigenvalue weighted by Crippen LogP contribution is -2.24. The van der Waals surface area contributed by atoms with Crippen molar-refractivity contribution in [1.82, 2.24) is 10.3 Å². The van der Waals surface area contributed by atoms with Gasteiger partial charge >= 0.3 is 0 Å². The van der Waals surface area contributed by atoms with Crippen LogP contribution in [-0.2, 0) is 17.8 Å². The van der Waals surface area contributed by atoms with Crippen molar-refractivity contribution >= 4 is 16.7 Å². The molecule has 4 heteroatoms. The molecular weight excluding hydrogens is 324 g/mol. The Hall–Kier alpha value is -3.40. The second-order valence-electron chi connectivity index (χ2n) is 6.16. The van der Waals surface area contributed by atoms with Crippen molar-refractivity contribution in [2.45, 2.75) is 13.0 Å². The Morgan fingerprint density at radius 2 is 1.88 bits per heavy atom. The van der Waals surface area contributed by atoms with Gasteiger partial charge in [-0.1, -0.05) is 48.5 Å². The first-order valence-electron chi connectivity index (χ1n) is 8.50. The van der Waals surface area contributed by atoms with E-state index in [9.17, 15) is 4.79 Å². The van der Waals surface area contributed by atoms with Crippen molar-refractivity contribution in [3.8, 4) is 11.3 Å². The molecule has 0 radical (unpaired) electrons. The summed E-state index contributed by atoms with van der Waals surface area (Å²) in [7, 11) is 0. The van der Waals surface area contributed by atoms with Crippen molar-refractivity contribution in [3.63, 3.8) is 0 Å². The summed E-state index contributed by atoms with van der Waals surface area (Å²) in [5.74, 6) is 0.000245. The fourth-order valence-electron chi connectivity index (χ4n) is 2.99. The summed E-state index contributed by atoms with van der Waals surface area (Å²) in [6, 6.07) is 19.9. The fourth-order valence-corrected chi connectivity index (χ4v) is 2.99. The van der Waals surface area contributed by atoms with Gasteiger partial charge in [0, 0.05) is 18.3 Å². The molecule has 1 N–H and O–H groups in total. The Morgan fingerprint density at radius 1 is 1.00 bits per heavy atom. The first kappa shape index (κ1) is 16.1. The van der Waals surface area contributed by atoms with E-state index >= 15 is 0 Å². The van der Waals surface area contributed by atoms with Crippen LogP contribution in [-0.4, -0.2) is 10.9 Å². The van der Waals surface area contributed by atoms with Gasteiger partial charge in [0.25, 0.3) is 0 Å². The Bertz CT molecular complexity index is 1020. The lowest BCUT2D eigenvalue weighted by Gasteiger charge is -2.08. The minimum atomic E-state index is 0.000245. The summed E-state index contributed by atoms with van der Waals surface area (Å²) in [4.78, 5) is 16.8. The zero-order chi connectivity index (χ0) is 17.8. The van der Waals surface area contributed by atoms with Gasteiger partial charge < -0.3 is 9.73 Å². The van der Waals surface area contributed by atoms with Crippen LogP contribution >= 0.6 is 0 Å². The number of fused-ring (bicyclic) bond motifs is 1. The standard InChI is InChI=1S/C22H18N2O2/c25-22(12-18-6-3-5-17-4-1-2-7-20(17)18)24-14-16-8-9-21(23-13-16)19-10-11-26-15-19/h1-11,13,15H,12,14H2,(H,24,25). The highest BCUT2D eigenvalue weighted by atomic mass is 16.3.